The number of carbonyl (C=O) groups excluding carboxylic acids is 2. The maximum atomic E-state index is 12.4. The van der Waals surface area contributed by atoms with Crippen LogP contribution in [0.3, 0.4) is 0 Å². The molecular weight excluding hydrogens is 348 g/mol. The SMILES string of the molecule is CC.CCCCCCCCC(=O)N1CCC(N2CCC(C(=O)CC)CC2)CC1. The number of carbonyl (C=O) groups is 2. The van der Waals surface area contributed by atoms with Crippen LogP contribution in [0.5, 0.6) is 0 Å². The highest BCUT2D eigenvalue weighted by atomic mass is 16.2. The summed E-state index contributed by atoms with van der Waals surface area (Å²) in [7, 11) is 0. The van der Waals surface area contributed by atoms with Crippen molar-refractivity contribution in [1.82, 2.24) is 9.80 Å². The summed E-state index contributed by atoms with van der Waals surface area (Å²) in [6.07, 6.45) is 13.2. The van der Waals surface area contributed by atoms with Gasteiger partial charge in [-0.2, -0.15) is 0 Å². The van der Waals surface area contributed by atoms with Gasteiger partial charge in [0.2, 0.25) is 5.91 Å². The maximum absolute atomic E-state index is 12.4. The highest BCUT2D eigenvalue weighted by molar-refractivity contribution is 5.80. The van der Waals surface area contributed by atoms with Crippen molar-refractivity contribution in [2.75, 3.05) is 26.2 Å². The first kappa shape index (κ1) is 25.1. The van der Waals surface area contributed by atoms with Gasteiger partial charge in [0.05, 0.1) is 0 Å². The van der Waals surface area contributed by atoms with Crippen LogP contribution in [0.2, 0.25) is 0 Å². The number of rotatable bonds is 10. The molecule has 0 bridgehead atoms. The first-order valence-corrected chi connectivity index (χ1v) is 12.2. The number of nitrogens with zero attached hydrogens (tertiary/aromatic N) is 2. The van der Waals surface area contributed by atoms with Crippen LogP contribution in [0.15, 0.2) is 0 Å². The van der Waals surface area contributed by atoms with Crippen LogP contribution in [0.1, 0.15) is 105 Å². The zero-order valence-corrected chi connectivity index (χ0v) is 19.2. The smallest absolute Gasteiger partial charge is 0.222 e. The Morgan fingerprint density at radius 3 is 1.93 bits per heavy atom. The average Bonchev–Trinajstić information content (AvgIpc) is 2.77. The molecule has 0 aliphatic carbocycles. The molecule has 4 nitrogen and oxygen atoms in total. The molecule has 0 N–H and O–H groups in total. The summed E-state index contributed by atoms with van der Waals surface area (Å²) in [5.74, 6) is 1.11. The minimum absolute atomic E-state index is 0.301. The number of piperidine rings is 2. The summed E-state index contributed by atoms with van der Waals surface area (Å²) in [6, 6.07) is 0.616. The van der Waals surface area contributed by atoms with Gasteiger partial charge in [0, 0.05) is 37.9 Å². The summed E-state index contributed by atoms with van der Waals surface area (Å²) >= 11 is 0. The van der Waals surface area contributed by atoms with Gasteiger partial charge in [-0.05, 0) is 45.2 Å². The van der Waals surface area contributed by atoms with Gasteiger partial charge in [0.15, 0.2) is 0 Å². The molecule has 2 aliphatic rings. The number of Topliss-reactive ketones (excluding diaryl/α,β-unsaturated/α-hetero) is 1. The second kappa shape index (κ2) is 15.0. The van der Waals surface area contributed by atoms with Crippen LogP contribution < -0.4 is 0 Å². The lowest BCUT2D eigenvalue weighted by molar-refractivity contribution is -0.133. The van der Waals surface area contributed by atoms with E-state index in [1.165, 1.54) is 32.1 Å². The third kappa shape index (κ3) is 8.63. The Bertz CT molecular complexity index is 422. The van der Waals surface area contributed by atoms with Crippen molar-refractivity contribution in [2.45, 2.75) is 111 Å². The van der Waals surface area contributed by atoms with Crippen molar-refractivity contribution in [1.29, 1.82) is 0 Å². The molecule has 0 aromatic carbocycles. The summed E-state index contributed by atoms with van der Waals surface area (Å²) in [6.45, 7) is 12.2. The van der Waals surface area contributed by atoms with Crippen LogP contribution in [-0.4, -0.2) is 53.7 Å². The lowest BCUT2D eigenvalue weighted by Gasteiger charge is -2.41. The average molecular weight is 395 g/mol. The Kier molecular flexibility index (Phi) is 13.5. The van der Waals surface area contributed by atoms with Crippen LogP contribution >= 0.6 is 0 Å². The van der Waals surface area contributed by atoms with E-state index in [1.54, 1.807) is 0 Å². The number of likely N-dealkylation sites (tertiary alicyclic amines) is 2. The van der Waals surface area contributed by atoms with Gasteiger partial charge in [-0.3, -0.25) is 9.59 Å². The zero-order chi connectivity index (χ0) is 20.8. The van der Waals surface area contributed by atoms with Crippen molar-refractivity contribution in [3.8, 4) is 0 Å². The Morgan fingerprint density at radius 1 is 0.786 bits per heavy atom. The zero-order valence-electron chi connectivity index (χ0n) is 19.2. The number of unbranched alkanes of at least 4 members (excludes halogenated alkanes) is 5. The summed E-state index contributed by atoms with van der Waals surface area (Å²) in [5.41, 5.74) is 0. The standard InChI is InChI=1S/C22H40N2O2.C2H6/c1-3-5-6-7-8-9-10-22(26)24-17-13-20(14-18-24)23-15-11-19(12-16-23)21(25)4-2;1-2/h19-20H,3-18H2,1-2H3;1-2H3. The topological polar surface area (TPSA) is 40.6 Å². The molecule has 2 aliphatic heterocycles. The van der Waals surface area contributed by atoms with E-state index < -0.39 is 0 Å². The molecule has 0 atom stereocenters. The predicted molar refractivity (Wildman–Crippen MR) is 119 cm³/mol. The molecule has 4 heteroatoms. The van der Waals surface area contributed by atoms with Crippen molar-refractivity contribution >= 4 is 11.7 Å². The van der Waals surface area contributed by atoms with Gasteiger partial charge in [0.1, 0.15) is 5.78 Å². The molecule has 0 aromatic heterocycles. The van der Waals surface area contributed by atoms with E-state index in [-0.39, 0.29) is 0 Å². The van der Waals surface area contributed by atoms with Crippen molar-refractivity contribution in [3.63, 3.8) is 0 Å². The molecule has 0 unspecified atom stereocenters. The maximum Gasteiger partial charge on any atom is 0.222 e. The van der Waals surface area contributed by atoms with E-state index in [4.69, 9.17) is 0 Å². The third-order valence-electron chi connectivity index (χ3n) is 6.41. The summed E-state index contributed by atoms with van der Waals surface area (Å²) < 4.78 is 0. The van der Waals surface area contributed by atoms with Crippen molar-refractivity contribution < 1.29 is 9.59 Å². The van der Waals surface area contributed by atoms with E-state index in [0.717, 1.165) is 64.7 Å². The summed E-state index contributed by atoms with van der Waals surface area (Å²) in [4.78, 5) is 28.9. The summed E-state index contributed by atoms with van der Waals surface area (Å²) in [5, 5.41) is 0. The molecule has 2 fully saturated rings. The molecule has 0 spiro atoms. The van der Waals surface area contributed by atoms with E-state index in [0.29, 0.717) is 30.1 Å². The fraction of sp³-hybridized carbons (Fsp3) is 0.917. The molecule has 1 amide bonds. The van der Waals surface area contributed by atoms with Gasteiger partial charge in [-0.1, -0.05) is 59.8 Å². The molecule has 0 saturated carbocycles. The molecule has 28 heavy (non-hydrogen) atoms. The highest BCUT2D eigenvalue weighted by Crippen LogP contribution is 2.25. The Balaban J connectivity index is 0.00000190. The Hall–Kier alpha value is -0.900. The molecule has 164 valence electrons. The first-order valence-electron chi connectivity index (χ1n) is 12.2. The molecule has 0 radical (unpaired) electrons. The lowest BCUT2D eigenvalue weighted by atomic mass is 9.89. The molecule has 2 saturated heterocycles. The first-order chi connectivity index (χ1) is 13.7. The number of hydrogen-bond donors (Lipinski definition) is 0. The van der Waals surface area contributed by atoms with E-state index in [2.05, 4.69) is 16.7 Å². The van der Waals surface area contributed by atoms with E-state index >= 15 is 0 Å². The second-order valence-electron chi connectivity index (χ2n) is 8.26. The van der Waals surface area contributed by atoms with Gasteiger partial charge < -0.3 is 9.80 Å². The van der Waals surface area contributed by atoms with Gasteiger partial charge in [-0.15, -0.1) is 0 Å². The monoisotopic (exact) mass is 394 g/mol. The fourth-order valence-electron chi connectivity index (χ4n) is 4.57. The van der Waals surface area contributed by atoms with Crippen molar-refractivity contribution in [3.05, 3.63) is 0 Å². The van der Waals surface area contributed by atoms with E-state index in [1.807, 2.05) is 20.8 Å². The van der Waals surface area contributed by atoms with Gasteiger partial charge in [-0.25, -0.2) is 0 Å². The van der Waals surface area contributed by atoms with Crippen LogP contribution in [-0.2, 0) is 9.59 Å². The Morgan fingerprint density at radius 2 is 1.36 bits per heavy atom. The van der Waals surface area contributed by atoms with Crippen molar-refractivity contribution in [2.24, 2.45) is 5.92 Å². The predicted octanol–water partition coefficient (Wildman–Crippen LogP) is 5.45. The number of ketones is 1. The number of hydrogen-bond acceptors (Lipinski definition) is 3. The fourth-order valence-corrected chi connectivity index (χ4v) is 4.57. The van der Waals surface area contributed by atoms with Crippen LogP contribution in [0.4, 0.5) is 0 Å². The molecule has 2 heterocycles. The normalized spacial score (nSPS) is 19.2. The molecule has 2 rings (SSSR count). The second-order valence-corrected chi connectivity index (χ2v) is 8.26. The quantitative estimate of drug-likeness (QED) is 0.463. The van der Waals surface area contributed by atoms with Gasteiger partial charge in [0.25, 0.3) is 0 Å². The lowest BCUT2D eigenvalue weighted by Crippen LogP contribution is -2.49. The minimum atomic E-state index is 0.301. The van der Waals surface area contributed by atoms with Crippen LogP contribution in [0.25, 0.3) is 0 Å². The minimum Gasteiger partial charge on any atom is -0.343 e. The van der Waals surface area contributed by atoms with E-state index in [9.17, 15) is 9.59 Å². The number of amides is 1. The van der Waals surface area contributed by atoms with Crippen LogP contribution in [0, 0.1) is 5.92 Å². The molecular formula is C24H46N2O2. The Labute approximate surface area is 174 Å². The van der Waals surface area contributed by atoms with Gasteiger partial charge >= 0.3 is 0 Å². The molecule has 0 aromatic rings. The third-order valence-corrected chi connectivity index (χ3v) is 6.41. The highest BCUT2D eigenvalue weighted by Gasteiger charge is 2.30. The largest absolute Gasteiger partial charge is 0.343 e.